The third-order valence-electron chi connectivity index (χ3n) is 4.18. The zero-order valence-corrected chi connectivity index (χ0v) is 13.9. The van der Waals surface area contributed by atoms with Gasteiger partial charge in [-0.05, 0) is 35.9 Å². The number of aromatic amines is 1. The number of H-pyrrole nitrogens is 1. The predicted octanol–water partition coefficient (Wildman–Crippen LogP) is 3.87. The van der Waals surface area contributed by atoms with Gasteiger partial charge >= 0.3 is 5.97 Å². The van der Waals surface area contributed by atoms with Crippen LogP contribution in [0.3, 0.4) is 0 Å². The molecule has 2 heterocycles. The molecule has 0 saturated heterocycles. The highest BCUT2D eigenvalue weighted by Crippen LogP contribution is 2.41. The summed E-state index contributed by atoms with van der Waals surface area (Å²) in [4.78, 5) is 27.5. The minimum absolute atomic E-state index is 0.0816. The van der Waals surface area contributed by atoms with Crippen LogP contribution in [-0.2, 0) is 4.79 Å². The normalized spacial score (nSPS) is 16.8. The average molecular weight is 388 g/mol. The van der Waals surface area contributed by atoms with Gasteiger partial charge in [0.25, 0.3) is 5.56 Å². The van der Waals surface area contributed by atoms with Crippen molar-refractivity contribution in [3.63, 3.8) is 0 Å². The third kappa shape index (κ3) is 2.34. The number of carbonyl (C=O) groups is 1. The summed E-state index contributed by atoms with van der Waals surface area (Å²) in [7, 11) is 0. The Morgan fingerprint density at radius 1 is 1.17 bits per heavy atom. The molecule has 1 N–H and O–H groups in total. The van der Waals surface area contributed by atoms with E-state index in [0.29, 0.717) is 20.9 Å². The molecule has 2 aromatic carbocycles. The zero-order chi connectivity index (χ0) is 16.8. The number of para-hydroxylation sites is 1. The maximum atomic E-state index is 14.3. The van der Waals surface area contributed by atoms with Crippen molar-refractivity contribution in [2.24, 2.45) is 0 Å². The molecule has 1 atom stereocenters. The summed E-state index contributed by atoms with van der Waals surface area (Å²) >= 11 is 3.31. The van der Waals surface area contributed by atoms with Gasteiger partial charge in [-0.1, -0.05) is 28.1 Å². The van der Waals surface area contributed by atoms with E-state index in [2.05, 4.69) is 20.9 Å². The van der Waals surface area contributed by atoms with E-state index in [1.807, 2.05) is 0 Å². The number of carbonyl (C=O) groups excluding carboxylic acids is 1. The number of pyridine rings is 1. The second kappa shape index (κ2) is 5.56. The Kier molecular flexibility index (Phi) is 3.49. The van der Waals surface area contributed by atoms with Crippen LogP contribution in [0.15, 0.2) is 51.7 Å². The summed E-state index contributed by atoms with van der Waals surface area (Å²) in [5.74, 6) is -1.42. The molecule has 1 aliphatic rings. The first-order valence-electron chi connectivity index (χ1n) is 7.35. The Morgan fingerprint density at radius 2 is 1.96 bits per heavy atom. The summed E-state index contributed by atoms with van der Waals surface area (Å²) in [6.45, 7) is 0. The first-order valence-corrected chi connectivity index (χ1v) is 8.14. The molecule has 3 aromatic rings. The third-order valence-corrected chi connectivity index (χ3v) is 4.67. The number of nitrogens with one attached hydrogen (secondary N) is 1. The number of halogens is 2. The average Bonchev–Trinajstić information content (AvgIpc) is 2.56. The van der Waals surface area contributed by atoms with E-state index in [-0.39, 0.29) is 23.3 Å². The summed E-state index contributed by atoms with van der Waals surface area (Å²) < 4.78 is 20.4. The lowest BCUT2D eigenvalue weighted by molar-refractivity contribution is -0.135. The Hall–Kier alpha value is -2.47. The van der Waals surface area contributed by atoms with Gasteiger partial charge in [0.2, 0.25) is 0 Å². The largest absolute Gasteiger partial charge is 0.425 e. The fourth-order valence-electron chi connectivity index (χ4n) is 3.13. The van der Waals surface area contributed by atoms with Crippen LogP contribution in [-0.4, -0.2) is 11.0 Å². The molecule has 0 radical (unpaired) electrons. The number of hydrogen-bond donors (Lipinski definition) is 1. The molecule has 0 amide bonds. The maximum Gasteiger partial charge on any atom is 0.312 e. The van der Waals surface area contributed by atoms with E-state index >= 15 is 0 Å². The minimum atomic E-state index is -0.688. The fourth-order valence-corrected chi connectivity index (χ4v) is 3.50. The highest BCUT2D eigenvalue weighted by Gasteiger charge is 2.34. The van der Waals surface area contributed by atoms with Gasteiger partial charge in [-0.25, -0.2) is 4.39 Å². The number of ether oxygens (including phenoxy) is 1. The van der Waals surface area contributed by atoms with E-state index in [4.69, 9.17) is 4.74 Å². The zero-order valence-electron chi connectivity index (χ0n) is 12.3. The van der Waals surface area contributed by atoms with E-state index in [0.717, 1.165) is 0 Å². The highest BCUT2D eigenvalue weighted by molar-refractivity contribution is 9.10. The van der Waals surface area contributed by atoms with Gasteiger partial charge in [0, 0.05) is 15.8 Å². The van der Waals surface area contributed by atoms with Crippen molar-refractivity contribution in [2.45, 2.75) is 12.3 Å². The molecule has 120 valence electrons. The summed E-state index contributed by atoms with van der Waals surface area (Å²) in [5, 5.41) is 0.626. The molecule has 1 unspecified atom stereocenters. The molecule has 24 heavy (non-hydrogen) atoms. The van der Waals surface area contributed by atoms with E-state index in [1.54, 1.807) is 36.4 Å². The van der Waals surface area contributed by atoms with Gasteiger partial charge in [0.15, 0.2) is 0 Å². The van der Waals surface area contributed by atoms with Crippen molar-refractivity contribution in [3.05, 3.63) is 74.2 Å². The van der Waals surface area contributed by atoms with Crippen LogP contribution in [0.4, 0.5) is 4.39 Å². The number of benzene rings is 2. The van der Waals surface area contributed by atoms with Crippen molar-refractivity contribution in [3.8, 4) is 5.75 Å². The molecule has 0 aliphatic carbocycles. The van der Waals surface area contributed by atoms with Crippen molar-refractivity contribution in [1.82, 2.24) is 4.98 Å². The molecule has 4 nitrogen and oxygen atoms in total. The van der Waals surface area contributed by atoms with E-state index in [1.165, 1.54) is 6.07 Å². The van der Waals surface area contributed by atoms with Crippen LogP contribution in [0.2, 0.25) is 0 Å². The van der Waals surface area contributed by atoms with Crippen molar-refractivity contribution in [1.29, 1.82) is 0 Å². The SMILES string of the molecule is O=C1CC(c2cc(Br)ccc2F)c2c(c3ccccc3[nH]c2=O)O1. The molecule has 4 rings (SSSR count). The molecule has 0 saturated carbocycles. The Morgan fingerprint density at radius 3 is 2.79 bits per heavy atom. The summed E-state index contributed by atoms with van der Waals surface area (Å²) in [6.07, 6.45) is -0.0816. The number of aromatic nitrogens is 1. The van der Waals surface area contributed by atoms with Crippen molar-refractivity contribution < 1.29 is 13.9 Å². The van der Waals surface area contributed by atoms with Crippen molar-refractivity contribution >= 4 is 32.8 Å². The quantitative estimate of drug-likeness (QED) is 0.644. The minimum Gasteiger partial charge on any atom is -0.425 e. The highest BCUT2D eigenvalue weighted by atomic mass is 79.9. The molecule has 0 fully saturated rings. The van der Waals surface area contributed by atoms with Crippen LogP contribution in [0, 0.1) is 5.82 Å². The first-order chi connectivity index (χ1) is 11.5. The van der Waals surface area contributed by atoms with Gasteiger partial charge in [0.1, 0.15) is 11.6 Å². The smallest absolute Gasteiger partial charge is 0.312 e. The van der Waals surface area contributed by atoms with Crippen LogP contribution < -0.4 is 10.3 Å². The van der Waals surface area contributed by atoms with Gasteiger partial charge in [0.05, 0.1) is 17.5 Å². The van der Waals surface area contributed by atoms with E-state index in [9.17, 15) is 14.0 Å². The fraction of sp³-hybridized carbons (Fsp3) is 0.111. The Labute approximate surface area is 144 Å². The second-order valence-corrected chi connectivity index (χ2v) is 6.55. The second-order valence-electron chi connectivity index (χ2n) is 5.64. The Bertz CT molecular complexity index is 1040. The van der Waals surface area contributed by atoms with Crippen LogP contribution >= 0.6 is 15.9 Å². The lowest BCUT2D eigenvalue weighted by atomic mass is 9.86. The molecule has 1 aromatic heterocycles. The van der Waals surface area contributed by atoms with E-state index < -0.39 is 17.7 Å². The van der Waals surface area contributed by atoms with Gasteiger partial charge in [-0.3, -0.25) is 9.59 Å². The topological polar surface area (TPSA) is 59.2 Å². The molecule has 1 aliphatic heterocycles. The number of esters is 1. The molecule has 0 spiro atoms. The number of rotatable bonds is 1. The standard InChI is InChI=1S/C18H11BrFNO3/c19-9-5-6-13(20)11(7-9)12-8-15(22)24-17-10-3-1-2-4-14(10)21-18(23)16(12)17/h1-7,12H,8H2,(H,21,23). The van der Waals surface area contributed by atoms with Crippen LogP contribution in [0.25, 0.3) is 10.9 Å². The van der Waals surface area contributed by atoms with Gasteiger partial charge < -0.3 is 9.72 Å². The van der Waals surface area contributed by atoms with Gasteiger partial charge in [-0.2, -0.15) is 0 Å². The molecule has 0 bridgehead atoms. The number of fused-ring (bicyclic) bond motifs is 3. The summed E-state index contributed by atoms with van der Waals surface area (Å²) in [6, 6.07) is 11.5. The number of hydrogen-bond acceptors (Lipinski definition) is 3. The maximum absolute atomic E-state index is 14.3. The van der Waals surface area contributed by atoms with Crippen LogP contribution in [0.1, 0.15) is 23.5 Å². The molecular formula is C18H11BrFNO3. The first kappa shape index (κ1) is 15.1. The van der Waals surface area contributed by atoms with Crippen molar-refractivity contribution in [2.75, 3.05) is 0 Å². The lowest BCUT2D eigenvalue weighted by Gasteiger charge is -2.25. The van der Waals surface area contributed by atoms with Gasteiger partial charge in [-0.15, -0.1) is 0 Å². The molecular weight excluding hydrogens is 377 g/mol. The lowest BCUT2D eigenvalue weighted by Crippen LogP contribution is -2.28. The Balaban J connectivity index is 2.04. The monoisotopic (exact) mass is 387 g/mol. The predicted molar refractivity (Wildman–Crippen MR) is 90.8 cm³/mol. The summed E-state index contributed by atoms with van der Waals surface area (Å²) in [5.41, 5.74) is 0.776. The van der Waals surface area contributed by atoms with Crippen LogP contribution in [0.5, 0.6) is 5.75 Å². The molecule has 6 heteroatoms.